The summed E-state index contributed by atoms with van der Waals surface area (Å²) in [6.45, 7) is 5.64. The van der Waals surface area contributed by atoms with Gasteiger partial charge in [0.05, 0.1) is 23.0 Å². The van der Waals surface area contributed by atoms with Crippen molar-refractivity contribution in [2.24, 2.45) is 0 Å². The largest absolute Gasteiger partial charge is 0.464 e. The molecule has 3 aromatic rings. The van der Waals surface area contributed by atoms with Gasteiger partial charge in [0.15, 0.2) is 6.04 Å². The molecule has 156 valence electrons. The Hall–Kier alpha value is -3.13. The normalized spacial score (nSPS) is 11.7. The zero-order valence-electron chi connectivity index (χ0n) is 17.4. The van der Waals surface area contributed by atoms with E-state index in [1.54, 1.807) is 29.9 Å². The molecule has 0 saturated carbocycles. The molecule has 1 aromatic carbocycles. The van der Waals surface area contributed by atoms with E-state index in [2.05, 4.69) is 15.4 Å². The molecule has 0 radical (unpaired) electrons. The molecule has 8 heteroatoms. The number of hydrogen-bond donors (Lipinski definition) is 1. The number of amides is 1. The number of nitrogens with one attached hydrogen (secondary N) is 1. The van der Waals surface area contributed by atoms with Gasteiger partial charge in [-0.25, -0.2) is 14.5 Å². The topological polar surface area (TPSA) is 86.1 Å². The predicted molar refractivity (Wildman–Crippen MR) is 116 cm³/mol. The van der Waals surface area contributed by atoms with E-state index in [-0.39, 0.29) is 12.5 Å². The number of nitrogens with zero attached hydrogens (tertiary/aromatic N) is 3. The fourth-order valence-corrected chi connectivity index (χ4v) is 3.66. The Labute approximate surface area is 179 Å². The summed E-state index contributed by atoms with van der Waals surface area (Å²) < 4.78 is 7.02. The quantitative estimate of drug-likeness (QED) is 0.460. The van der Waals surface area contributed by atoms with Crippen LogP contribution in [0.1, 0.15) is 40.3 Å². The second kappa shape index (κ2) is 9.58. The Morgan fingerprint density at radius 1 is 1.20 bits per heavy atom. The molecule has 2 aromatic heterocycles. The van der Waals surface area contributed by atoms with Crippen molar-refractivity contribution in [3.05, 3.63) is 71.2 Å². The average molecular weight is 425 g/mol. The van der Waals surface area contributed by atoms with Crippen molar-refractivity contribution in [3.8, 4) is 5.69 Å². The van der Waals surface area contributed by atoms with Crippen LogP contribution in [0.4, 0.5) is 0 Å². The molecule has 2 heterocycles. The lowest BCUT2D eigenvalue weighted by atomic mass is 10.0. The highest BCUT2D eigenvalue weighted by molar-refractivity contribution is 7.98. The van der Waals surface area contributed by atoms with Crippen LogP contribution in [0.3, 0.4) is 0 Å². The van der Waals surface area contributed by atoms with E-state index in [1.165, 1.54) is 11.8 Å². The minimum Gasteiger partial charge on any atom is -0.464 e. The van der Waals surface area contributed by atoms with Gasteiger partial charge in [-0.05, 0) is 51.3 Å². The van der Waals surface area contributed by atoms with Crippen LogP contribution in [0.5, 0.6) is 0 Å². The zero-order chi connectivity index (χ0) is 21.7. The smallest absolute Gasteiger partial charge is 0.333 e. The fraction of sp³-hybridized carbons (Fsp3) is 0.273. The molecule has 3 rings (SSSR count). The van der Waals surface area contributed by atoms with Crippen LogP contribution in [-0.4, -0.2) is 39.5 Å². The third-order valence-electron chi connectivity index (χ3n) is 4.64. The maximum atomic E-state index is 12.9. The number of aromatic nitrogens is 3. The van der Waals surface area contributed by atoms with Crippen LogP contribution >= 0.6 is 11.8 Å². The van der Waals surface area contributed by atoms with E-state index < -0.39 is 12.0 Å². The summed E-state index contributed by atoms with van der Waals surface area (Å²) >= 11 is 1.44. The number of benzene rings is 1. The minimum absolute atomic E-state index is 0.210. The van der Waals surface area contributed by atoms with E-state index in [4.69, 9.17) is 4.74 Å². The number of aryl methyl sites for hydroxylation is 1. The first-order chi connectivity index (χ1) is 14.5. The second-order valence-electron chi connectivity index (χ2n) is 6.58. The molecule has 7 nitrogen and oxygen atoms in total. The van der Waals surface area contributed by atoms with Crippen molar-refractivity contribution in [1.82, 2.24) is 20.1 Å². The second-order valence-corrected chi connectivity index (χ2v) is 7.40. The Kier molecular flexibility index (Phi) is 6.89. The van der Waals surface area contributed by atoms with Gasteiger partial charge in [-0.15, -0.1) is 11.8 Å². The van der Waals surface area contributed by atoms with E-state index in [0.717, 1.165) is 16.4 Å². The van der Waals surface area contributed by atoms with Crippen LogP contribution in [0.15, 0.2) is 53.7 Å². The molecule has 0 bridgehead atoms. The van der Waals surface area contributed by atoms with E-state index in [9.17, 15) is 9.59 Å². The molecule has 1 atom stereocenters. The van der Waals surface area contributed by atoms with E-state index >= 15 is 0 Å². The minimum atomic E-state index is -0.971. The summed E-state index contributed by atoms with van der Waals surface area (Å²) in [6.07, 6.45) is 3.46. The molecule has 0 aliphatic heterocycles. The number of ether oxygens (including phenoxy) is 1. The fourth-order valence-electron chi connectivity index (χ4n) is 3.24. The highest BCUT2D eigenvalue weighted by Crippen LogP contribution is 2.26. The van der Waals surface area contributed by atoms with Crippen LogP contribution < -0.4 is 5.32 Å². The van der Waals surface area contributed by atoms with Gasteiger partial charge in [-0.3, -0.25) is 4.79 Å². The summed E-state index contributed by atoms with van der Waals surface area (Å²) in [5, 5.41) is 8.15. The monoisotopic (exact) mass is 424 g/mol. The molecule has 1 amide bonds. The summed E-state index contributed by atoms with van der Waals surface area (Å²) in [5.41, 5.74) is 3.34. The summed E-state index contributed by atoms with van der Waals surface area (Å²) in [6, 6.07) is 12.0. The lowest BCUT2D eigenvalue weighted by Crippen LogP contribution is -2.35. The number of carbonyl (C=O) groups excluding carboxylic acids is 2. The van der Waals surface area contributed by atoms with Gasteiger partial charge in [0.1, 0.15) is 0 Å². The first kappa shape index (κ1) is 21.6. The summed E-state index contributed by atoms with van der Waals surface area (Å²) in [4.78, 5) is 29.9. The van der Waals surface area contributed by atoms with E-state index in [1.807, 2.05) is 50.4 Å². The van der Waals surface area contributed by atoms with Gasteiger partial charge in [-0.1, -0.05) is 18.2 Å². The summed E-state index contributed by atoms with van der Waals surface area (Å²) in [5.74, 6) is -0.902. The first-order valence-electron chi connectivity index (χ1n) is 9.55. The number of para-hydroxylation sites is 1. The lowest BCUT2D eigenvalue weighted by Gasteiger charge is -2.18. The Balaban J connectivity index is 1.99. The highest BCUT2D eigenvalue weighted by Gasteiger charge is 2.30. The van der Waals surface area contributed by atoms with Crippen molar-refractivity contribution < 1.29 is 14.3 Å². The Morgan fingerprint density at radius 3 is 2.60 bits per heavy atom. The Morgan fingerprint density at radius 2 is 1.93 bits per heavy atom. The van der Waals surface area contributed by atoms with Crippen molar-refractivity contribution in [2.45, 2.75) is 31.8 Å². The van der Waals surface area contributed by atoms with Crippen molar-refractivity contribution in [2.75, 3.05) is 12.9 Å². The maximum Gasteiger partial charge on any atom is 0.333 e. The van der Waals surface area contributed by atoms with Gasteiger partial charge < -0.3 is 10.1 Å². The van der Waals surface area contributed by atoms with Crippen molar-refractivity contribution in [1.29, 1.82) is 0 Å². The number of pyridine rings is 1. The highest BCUT2D eigenvalue weighted by atomic mass is 32.2. The zero-order valence-corrected chi connectivity index (χ0v) is 18.2. The molecule has 1 unspecified atom stereocenters. The van der Waals surface area contributed by atoms with Crippen LogP contribution in [0.25, 0.3) is 5.69 Å². The number of esters is 1. The number of rotatable bonds is 7. The number of hydrogen-bond acceptors (Lipinski definition) is 6. The molecule has 30 heavy (non-hydrogen) atoms. The van der Waals surface area contributed by atoms with Gasteiger partial charge in [0.2, 0.25) is 0 Å². The molecule has 0 saturated heterocycles. The summed E-state index contributed by atoms with van der Waals surface area (Å²) in [7, 11) is 0. The van der Waals surface area contributed by atoms with Crippen LogP contribution in [0, 0.1) is 13.8 Å². The average Bonchev–Trinajstić information content (AvgIpc) is 3.06. The van der Waals surface area contributed by atoms with Crippen LogP contribution in [0.2, 0.25) is 0 Å². The predicted octanol–water partition coefficient (Wildman–Crippen LogP) is 3.64. The lowest BCUT2D eigenvalue weighted by molar-refractivity contribution is -0.145. The van der Waals surface area contributed by atoms with Gasteiger partial charge in [-0.2, -0.15) is 5.10 Å². The van der Waals surface area contributed by atoms with Gasteiger partial charge in [0.25, 0.3) is 5.91 Å². The molecular formula is C22H24N4O3S. The Bertz CT molecular complexity index is 1050. The first-order valence-corrected chi connectivity index (χ1v) is 10.8. The third-order valence-corrected chi connectivity index (χ3v) is 5.28. The van der Waals surface area contributed by atoms with Gasteiger partial charge >= 0.3 is 5.97 Å². The molecular weight excluding hydrogens is 400 g/mol. The van der Waals surface area contributed by atoms with Crippen LogP contribution in [-0.2, 0) is 9.53 Å². The molecule has 0 aliphatic carbocycles. The van der Waals surface area contributed by atoms with Gasteiger partial charge in [0, 0.05) is 23.0 Å². The number of thioether (sulfide) groups is 1. The third kappa shape index (κ3) is 4.54. The molecule has 1 N–H and O–H groups in total. The molecule has 0 spiro atoms. The van der Waals surface area contributed by atoms with Crippen molar-refractivity contribution in [3.63, 3.8) is 0 Å². The molecule has 0 fully saturated rings. The van der Waals surface area contributed by atoms with E-state index in [0.29, 0.717) is 16.8 Å². The standard InChI is InChI=1S/C22H24N4O3S/c1-5-29-22(28)20(24-21(27)16-11-12-23-18(13-16)30-4)19-14(2)25-26(15(19)3)17-9-7-6-8-10-17/h6-13,20H,5H2,1-4H3,(H,24,27). The molecule has 0 aliphatic rings. The number of carbonyl (C=O) groups is 2. The van der Waals surface area contributed by atoms with Crippen molar-refractivity contribution >= 4 is 23.6 Å². The SMILES string of the molecule is CCOC(=O)C(NC(=O)c1ccnc(SC)c1)c1c(C)nn(-c2ccccc2)c1C. The maximum absolute atomic E-state index is 12.9.